The summed E-state index contributed by atoms with van der Waals surface area (Å²) in [5.74, 6) is 0.358. The molecule has 0 fully saturated rings. The summed E-state index contributed by atoms with van der Waals surface area (Å²) in [6, 6.07) is 0. The number of rotatable bonds is 3. The first-order valence-electron chi connectivity index (χ1n) is 4.11. The molecule has 2 N–H and O–H groups in total. The lowest BCUT2D eigenvalue weighted by molar-refractivity contribution is 0.0851. The summed E-state index contributed by atoms with van der Waals surface area (Å²) in [6.07, 6.45) is 2.93. The van der Waals surface area contributed by atoms with E-state index in [1.165, 1.54) is 12.4 Å². The van der Waals surface area contributed by atoms with Crippen LogP contribution in [0.2, 0.25) is 0 Å². The van der Waals surface area contributed by atoms with Crippen molar-refractivity contribution in [2.24, 2.45) is 0 Å². The lowest BCUT2D eigenvalue weighted by Gasteiger charge is -2.10. The van der Waals surface area contributed by atoms with Crippen LogP contribution in [0.15, 0.2) is 12.4 Å². The van der Waals surface area contributed by atoms with Crippen LogP contribution >= 0.6 is 0 Å². The molecule has 14 heavy (non-hydrogen) atoms. The molecule has 0 aliphatic heterocycles. The zero-order valence-corrected chi connectivity index (χ0v) is 8.40. The van der Waals surface area contributed by atoms with Crippen LogP contribution in [0.4, 0.5) is 5.82 Å². The maximum absolute atomic E-state index is 11.4. The highest BCUT2D eigenvalue weighted by atomic mass is 16.2. The monoisotopic (exact) mass is 195 g/mol. The van der Waals surface area contributed by atoms with Crippen molar-refractivity contribution in [3.8, 4) is 0 Å². The summed E-state index contributed by atoms with van der Waals surface area (Å²) in [4.78, 5) is 19.3. The first kappa shape index (κ1) is 10.4. The molecular weight excluding hydrogens is 182 g/mol. The highest BCUT2D eigenvalue weighted by Crippen LogP contribution is 1.99. The van der Waals surface area contributed by atoms with E-state index in [9.17, 15) is 4.79 Å². The molecule has 1 heterocycles. The van der Waals surface area contributed by atoms with Crippen molar-refractivity contribution in [1.29, 1.82) is 0 Å². The van der Waals surface area contributed by atoms with Crippen molar-refractivity contribution in [2.45, 2.75) is 0 Å². The molecule has 1 aromatic rings. The van der Waals surface area contributed by atoms with Crippen LogP contribution in [0.25, 0.3) is 0 Å². The molecule has 0 saturated carbocycles. The second-order valence-corrected chi connectivity index (χ2v) is 2.87. The lowest BCUT2D eigenvalue weighted by Crippen LogP contribution is -2.36. The summed E-state index contributed by atoms with van der Waals surface area (Å²) in [5.41, 5.74) is 2.86. The summed E-state index contributed by atoms with van der Waals surface area (Å²) >= 11 is 0. The summed E-state index contributed by atoms with van der Waals surface area (Å²) in [7, 11) is 5.20. The van der Waals surface area contributed by atoms with Gasteiger partial charge in [-0.2, -0.15) is 0 Å². The van der Waals surface area contributed by atoms with E-state index in [2.05, 4.69) is 20.7 Å². The molecule has 0 radical (unpaired) electrons. The lowest BCUT2D eigenvalue weighted by atomic mass is 10.4. The van der Waals surface area contributed by atoms with Gasteiger partial charge < -0.3 is 5.32 Å². The van der Waals surface area contributed by atoms with E-state index in [1.807, 2.05) is 0 Å². The molecule has 1 rings (SSSR count). The highest BCUT2D eigenvalue weighted by Gasteiger charge is 2.07. The minimum atomic E-state index is -0.273. The molecule has 76 valence electrons. The first-order chi connectivity index (χ1) is 6.63. The number of nitrogens with zero attached hydrogens (tertiary/aromatic N) is 3. The maximum atomic E-state index is 11.4. The summed E-state index contributed by atoms with van der Waals surface area (Å²) < 4.78 is 0. The van der Waals surface area contributed by atoms with E-state index in [1.54, 1.807) is 26.2 Å². The molecular formula is C8H13N5O. The Kier molecular flexibility index (Phi) is 3.35. The molecule has 0 unspecified atom stereocenters. The van der Waals surface area contributed by atoms with Gasteiger partial charge in [0.15, 0.2) is 0 Å². The predicted molar refractivity (Wildman–Crippen MR) is 52.7 cm³/mol. The third kappa shape index (κ3) is 2.67. The Balaban J connectivity index is 2.71. The second kappa shape index (κ2) is 4.52. The molecule has 0 aromatic carbocycles. The number of nitrogens with one attached hydrogen (secondary N) is 2. The van der Waals surface area contributed by atoms with Crippen molar-refractivity contribution < 1.29 is 4.79 Å². The van der Waals surface area contributed by atoms with Crippen LogP contribution in [0.1, 0.15) is 10.5 Å². The Morgan fingerprint density at radius 1 is 1.36 bits per heavy atom. The van der Waals surface area contributed by atoms with Gasteiger partial charge in [0.05, 0.1) is 12.4 Å². The fraction of sp³-hybridized carbons (Fsp3) is 0.375. The average molecular weight is 195 g/mol. The van der Waals surface area contributed by atoms with Gasteiger partial charge in [-0.3, -0.25) is 10.2 Å². The molecule has 6 nitrogen and oxygen atoms in total. The minimum Gasteiger partial charge on any atom is -0.372 e. The summed E-state index contributed by atoms with van der Waals surface area (Å²) in [5, 5.41) is 4.37. The van der Waals surface area contributed by atoms with Gasteiger partial charge in [-0.1, -0.05) is 0 Å². The van der Waals surface area contributed by atoms with Gasteiger partial charge in [-0.05, 0) is 0 Å². The van der Waals surface area contributed by atoms with Gasteiger partial charge in [0.25, 0.3) is 5.91 Å². The van der Waals surface area contributed by atoms with Gasteiger partial charge in [0.2, 0.25) is 0 Å². The van der Waals surface area contributed by atoms with E-state index < -0.39 is 0 Å². The first-order valence-corrected chi connectivity index (χ1v) is 4.11. The fourth-order valence-electron chi connectivity index (χ4n) is 0.835. The van der Waals surface area contributed by atoms with Crippen LogP contribution in [-0.4, -0.2) is 42.0 Å². The SMILES string of the molecule is CNc1cnc(C(=O)NN(C)C)cn1. The predicted octanol–water partition coefficient (Wildman–Crippen LogP) is -0.275. The number of aromatic nitrogens is 2. The van der Waals surface area contributed by atoms with Crippen LogP contribution in [0.3, 0.4) is 0 Å². The molecule has 0 spiro atoms. The summed E-state index contributed by atoms with van der Waals surface area (Å²) in [6.45, 7) is 0. The normalized spacial score (nSPS) is 10.0. The van der Waals surface area contributed by atoms with Crippen molar-refractivity contribution in [3.05, 3.63) is 18.1 Å². The molecule has 6 heteroatoms. The molecule has 0 saturated heterocycles. The number of amides is 1. The fourth-order valence-corrected chi connectivity index (χ4v) is 0.835. The van der Waals surface area contributed by atoms with E-state index in [0.717, 1.165) is 0 Å². The van der Waals surface area contributed by atoms with Crippen molar-refractivity contribution >= 4 is 11.7 Å². The van der Waals surface area contributed by atoms with Crippen LogP contribution < -0.4 is 10.7 Å². The number of anilines is 1. The van der Waals surface area contributed by atoms with Crippen molar-refractivity contribution in [1.82, 2.24) is 20.4 Å². The number of hydrazine groups is 1. The van der Waals surface area contributed by atoms with E-state index >= 15 is 0 Å². The number of hydrogen-bond donors (Lipinski definition) is 2. The third-order valence-electron chi connectivity index (χ3n) is 1.47. The van der Waals surface area contributed by atoms with Crippen molar-refractivity contribution in [2.75, 3.05) is 26.5 Å². The molecule has 0 aliphatic carbocycles. The Morgan fingerprint density at radius 2 is 2.07 bits per heavy atom. The smallest absolute Gasteiger partial charge is 0.285 e. The van der Waals surface area contributed by atoms with Gasteiger partial charge in [0.1, 0.15) is 11.5 Å². The molecule has 1 aromatic heterocycles. The van der Waals surface area contributed by atoms with Gasteiger partial charge in [0, 0.05) is 21.1 Å². The largest absolute Gasteiger partial charge is 0.372 e. The van der Waals surface area contributed by atoms with E-state index in [0.29, 0.717) is 5.82 Å². The van der Waals surface area contributed by atoms with E-state index in [4.69, 9.17) is 0 Å². The van der Waals surface area contributed by atoms with Crippen LogP contribution in [0.5, 0.6) is 0 Å². The Labute approximate surface area is 82.3 Å². The highest BCUT2D eigenvalue weighted by molar-refractivity contribution is 5.91. The van der Waals surface area contributed by atoms with Gasteiger partial charge in [-0.15, -0.1) is 0 Å². The average Bonchev–Trinajstić information content (AvgIpc) is 2.17. The molecule has 1 amide bonds. The second-order valence-electron chi connectivity index (χ2n) is 2.87. The zero-order chi connectivity index (χ0) is 10.6. The molecule has 0 aliphatic rings. The van der Waals surface area contributed by atoms with E-state index in [-0.39, 0.29) is 11.6 Å². The number of carbonyl (C=O) groups is 1. The number of hydrogen-bond acceptors (Lipinski definition) is 5. The van der Waals surface area contributed by atoms with Gasteiger partial charge in [-0.25, -0.2) is 15.0 Å². The quantitative estimate of drug-likeness (QED) is 0.649. The Morgan fingerprint density at radius 3 is 2.50 bits per heavy atom. The third-order valence-corrected chi connectivity index (χ3v) is 1.47. The minimum absolute atomic E-state index is 0.273. The molecule has 0 atom stereocenters. The molecule has 0 bridgehead atoms. The standard InChI is InChI=1S/C8H13N5O/c1-9-7-5-10-6(4-11-7)8(14)12-13(2)3/h4-5H,1-3H3,(H,9,11)(H,12,14). The topological polar surface area (TPSA) is 70.2 Å². The Hall–Kier alpha value is -1.69. The van der Waals surface area contributed by atoms with Crippen LogP contribution in [0, 0.1) is 0 Å². The Bertz CT molecular complexity index is 308. The maximum Gasteiger partial charge on any atom is 0.285 e. The van der Waals surface area contributed by atoms with Gasteiger partial charge >= 0.3 is 0 Å². The zero-order valence-electron chi connectivity index (χ0n) is 8.40. The van der Waals surface area contributed by atoms with Crippen molar-refractivity contribution in [3.63, 3.8) is 0 Å². The van der Waals surface area contributed by atoms with Crippen LogP contribution in [-0.2, 0) is 0 Å². The number of carbonyl (C=O) groups excluding carboxylic acids is 1.